The number of hydrogen-bond donors (Lipinski definition) is 2. The number of likely N-dealkylation sites (tertiary alicyclic amines) is 1. The first-order chi connectivity index (χ1) is 15.6. The first kappa shape index (κ1) is 22.3. The molecule has 0 bridgehead atoms. The molecule has 0 radical (unpaired) electrons. The Balaban J connectivity index is 1.22. The third-order valence-corrected chi connectivity index (χ3v) is 6.68. The lowest BCUT2D eigenvalue weighted by atomic mass is 9.83. The fourth-order valence-corrected chi connectivity index (χ4v) is 4.94. The molecule has 0 saturated carbocycles. The minimum Gasteiger partial charge on any atom is -0.352 e. The molecule has 1 saturated heterocycles. The molecule has 2 aromatic carbocycles. The minimum atomic E-state index is -0.284. The molecule has 1 aliphatic carbocycles. The minimum absolute atomic E-state index is 0.0236. The highest BCUT2D eigenvalue weighted by atomic mass is 19.1. The molecule has 2 unspecified atom stereocenters. The van der Waals surface area contributed by atoms with Gasteiger partial charge in [0, 0.05) is 38.5 Å². The lowest BCUT2D eigenvalue weighted by Gasteiger charge is -2.33. The number of carbonyl (C=O) groups is 2. The molecule has 0 aromatic heterocycles. The molecular weight excluding hydrogens is 405 g/mol. The van der Waals surface area contributed by atoms with E-state index < -0.39 is 0 Å². The maximum absolute atomic E-state index is 13.0. The second-order valence-corrected chi connectivity index (χ2v) is 9.04. The number of nitrogens with zero attached hydrogens (tertiary/aromatic N) is 1. The van der Waals surface area contributed by atoms with Crippen LogP contribution in [0.5, 0.6) is 0 Å². The molecule has 5 nitrogen and oxygen atoms in total. The van der Waals surface area contributed by atoms with E-state index in [1.807, 2.05) is 4.90 Å². The van der Waals surface area contributed by atoms with Gasteiger partial charge in [0.1, 0.15) is 5.82 Å². The van der Waals surface area contributed by atoms with Crippen LogP contribution in [0.3, 0.4) is 0 Å². The number of fused-ring (bicyclic) bond motifs is 1. The second kappa shape index (κ2) is 10.6. The van der Waals surface area contributed by atoms with Crippen LogP contribution in [0, 0.1) is 11.7 Å². The van der Waals surface area contributed by atoms with E-state index in [0.29, 0.717) is 32.0 Å². The molecule has 2 atom stereocenters. The third-order valence-electron chi connectivity index (χ3n) is 6.68. The molecule has 2 aromatic rings. The Hall–Kier alpha value is -2.89. The Morgan fingerprint density at radius 3 is 2.66 bits per heavy atom. The van der Waals surface area contributed by atoms with Crippen molar-refractivity contribution in [2.24, 2.45) is 5.92 Å². The van der Waals surface area contributed by atoms with E-state index in [1.165, 1.54) is 23.3 Å². The molecule has 4 rings (SSSR count). The van der Waals surface area contributed by atoms with Crippen LogP contribution in [0.25, 0.3) is 0 Å². The second-order valence-electron chi connectivity index (χ2n) is 9.04. The zero-order valence-corrected chi connectivity index (χ0v) is 18.5. The number of nitrogens with one attached hydrogen (secondary N) is 2. The molecule has 0 spiro atoms. The number of urea groups is 1. The number of rotatable bonds is 6. The predicted octanol–water partition coefficient (Wildman–Crippen LogP) is 4.37. The smallest absolute Gasteiger partial charge is 0.317 e. The Bertz CT molecular complexity index is 931. The Kier molecular flexibility index (Phi) is 7.40. The van der Waals surface area contributed by atoms with E-state index in [2.05, 4.69) is 34.9 Å². The summed E-state index contributed by atoms with van der Waals surface area (Å²) < 4.78 is 13.0. The fraction of sp³-hybridized carbons (Fsp3) is 0.462. The molecule has 2 N–H and O–H groups in total. The summed E-state index contributed by atoms with van der Waals surface area (Å²) in [7, 11) is 0. The van der Waals surface area contributed by atoms with Crippen LogP contribution in [0.4, 0.5) is 9.18 Å². The Morgan fingerprint density at radius 2 is 1.81 bits per heavy atom. The zero-order valence-electron chi connectivity index (χ0n) is 18.5. The number of hydrogen-bond acceptors (Lipinski definition) is 2. The first-order valence-electron chi connectivity index (χ1n) is 11.7. The highest BCUT2D eigenvalue weighted by Crippen LogP contribution is 2.31. The number of benzene rings is 2. The highest BCUT2D eigenvalue weighted by molar-refractivity contribution is 5.77. The van der Waals surface area contributed by atoms with Crippen LogP contribution in [-0.4, -0.2) is 36.5 Å². The molecule has 32 heavy (non-hydrogen) atoms. The molecule has 170 valence electrons. The summed E-state index contributed by atoms with van der Waals surface area (Å²) in [5, 5.41) is 6.05. The molecule has 3 amide bonds. The number of amides is 3. The van der Waals surface area contributed by atoms with Gasteiger partial charge in [-0.05, 0) is 66.8 Å². The summed E-state index contributed by atoms with van der Waals surface area (Å²) in [4.78, 5) is 27.0. The average molecular weight is 438 g/mol. The quantitative estimate of drug-likeness (QED) is 0.705. The van der Waals surface area contributed by atoms with Gasteiger partial charge in [-0.3, -0.25) is 4.79 Å². The summed E-state index contributed by atoms with van der Waals surface area (Å²) >= 11 is 0. The average Bonchev–Trinajstić information content (AvgIpc) is 2.82. The van der Waals surface area contributed by atoms with Crippen LogP contribution in [0.15, 0.2) is 48.5 Å². The number of carbonyl (C=O) groups excluding carboxylic acids is 2. The maximum Gasteiger partial charge on any atom is 0.317 e. The summed E-state index contributed by atoms with van der Waals surface area (Å²) in [5.41, 5.74) is 3.64. The van der Waals surface area contributed by atoms with E-state index in [0.717, 1.165) is 44.2 Å². The van der Waals surface area contributed by atoms with Crippen molar-refractivity contribution in [3.8, 4) is 0 Å². The van der Waals surface area contributed by atoms with E-state index >= 15 is 0 Å². The van der Waals surface area contributed by atoms with E-state index in [9.17, 15) is 14.0 Å². The van der Waals surface area contributed by atoms with Crippen molar-refractivity contribution in [1.29, 1.82) is 0 Å². The van der Waals surface area contributed by atoms with E-state index in [-0.39, 0.29) is 23.7 Å². The molecule has 6 heteroatoms. The SMILES string of the molecule is O=C(CC1CCCN(C(=O)NCC2CCCc3ccccc32)C1)NCc1ccc(F)cc1. The maximum atomic E-state index is 13.0. The summed E-state index contributed by atoms with van der Waals surface area (Å²) in [6.07, 6.45) is 5.66. The fourth-order valence-electron chi connectivity index (χ4n) is 4.94. The van der Waals surface area contributed by atoms with Crippen LogP contribution >= 0.6 is 0 Å². The number of aryl methyl sites for hydroxylation is 1. The van der Waals surface area contributed by atoms with Gasteiger partial charge in [-0.15, -0.1) is 0 Å². The van der Waals surface area contributed by atoms with Crippen molar-refractivity contribution in [1.82, 2.24) is 15.5 Å². The zero-order chi connectivity index (χ0) is 22.3. The number of piperidine rings is 1. The van der Waals surface area contributed by atoms with Gasteiger partial charge in [-0.2, -0.15) is 0 Å². The van der Waals surface area contributed by atoms with E-state index in [4.69, 9.17) is 0 Å². The number of halogens is 1. The third kappa shape index (κ3) is 5.87. The normalized spacial score (nSPS) is 20.3. The summed E-state index contributed by atoms with van der Waals surface area (Å²) in [6.45, 7) is 2.39. The van der Waals surface area contributed by atoms with Crippen LogP contribution in [-0.2, 0) is 17.8 Å². The highest BCUT2D eigenvalue weighted by Gasteiger charge is 2.26. The van der Waals surface area contributed by atoms with Crippen molar-refractivity contribution in [3.63, 3.8) is 0 Å². The molecule has 1 heterocycles. The van der Waals surface area contributed by atoms with Crippen LogP contribution in [0.1, 0.15) is 54.7 Å². The van der Waals surface area contributed by atoms with Gasteiger partial charge in [0.05, 0.1) is 0 Å². The van der Waals surface area contributed by atoms with Gasteiger partial charge < -0.3 is 15.5 Å². The lowest BCUT2D eigenvalue weighted by molar-refractivity contribution is -0.122. The van der Waals surface area contributed by atoms with Gasteiger partial charge in [0.2, 0.25) is 5.91 Å². The topological polar surface area (TPSA) is 61.4 Å². The van der Waals surface area contributed by atoms with E-state index in [1.54, 1.807) is 12.1 Å². The van der Waals surface area contributed by atoms with Gasteiger partial charge in [0.25, 0.3) is 0 Å². The monoisotopic (exact) mass is 437 g/mol. The van der Waals surface area contributed by atoms with Gasteiger partial charge in [-0.25, -0.2) is 9.18 Å². The summed E-state index contributed by atoms with van der Waals surface area (Å²) in [5.74, 6) is 0.230. The first-order valence-corrected chi connectivity index (χ1v) is 11.7. The van der Waals surface area contributed by atoms with Gasteiger partial charge in [-0.1, -0.05) is 36.4 Å². The molecular formula is C26H32FN3O2. The van der Waals surface area contributed by atoms with Crippen molar-refractivity contribution in [2.45, 2.75) is 51.0 Å². The van der Waals surface area contributed by atoms with Crippen LogP contribution < -0.4 is 10.6 Å². The standard InChI is InChI=1S/C26H32FN3O2/c27-23-12-10-19(11-13-23)16-28-25(31)15-20-5-4-14-30(18-20)26(32)29-17-22-8-3-7-21-6-1-2-9-24(21)22/h1-2,6,9-13,20,22H,3-5,7-8,14-18H2,(H,28,31)(H,29,32). The van der Waals surface area contributed by atoms with Crippen molar-refractivity contribution in [2.75, 3.05) is 19.6 Å². The molecule has 1 fully saturated rings. The van der Waals surface area contributed by atoms with Crippen molar-refractivity contribution >= 4 is 11.9 Å². The Morgan fingerprint density at radius 1 is 1.00 bits per heavy atom. The molecule has 2 aliphatic rings. The Labute approximate surface area is 189 Å². The van der Waals surface area contributed by atoms with Crippen molar-refractivity contribution < 1.29 is 14.0 Å². The lowest BCUT2D eigenvalue weighted by Crippen LogP contribution is -2.47. The van der Waals surface area contributed by atoms with Gasteiger partial charge in [0.15, 0.2) is 0 Å². The van der Waals surface area contributed by atoms with Crippen molar-refractivity contribution in [3.05, 3.63) is 71.0 Å². The van der Waals surface area contributed by atoms with Gasteiger partial charge >= 0.3 is 6.03 Å². The largest absolute Gasteiger partial charge is 0.352 e. The van der Waals surface area contributed by atoms with Crippen LogP contribution in [0.2, 0.25) is 0 Å². The summed E-state index contributed by atoms with van der Waals surface area (Å²) in [6, 6.07) is 14.7. The predicted molar refractivity (Wildman–Crippen MR) is 123 cm³/mol. The molecule has 1 aliphatic heterocycles.